The van der Waals surface area contributed by atoms with Gasteiger partial charge >= 0.3 is 0 Å². The van der Waals surface area contributed by atoms with Gasteiger partial charge in [-0.3, -0.25) is 0 Å². The fourth-order valence-electron chi connectivity index (χ4n) is 2.42. The fourth-order valence-corrected chi connectivity index (χ4v) is 2.42. The monoisotopic (exact) mass is 212 g/mol. The highest BCUT2D eigenvalue weighted by Gasteiger charge is 2.29. The van der Waals surface area contributed by atoms with Crippen LogP contribution in [0.15, 0.2) is 0 Å². The van der Waals surface area contributed by atoms with Crippen LogP contribution >= 0.6 is 0 Å². The van der Waals surface area contributed by atoms with Gasteiger partial charge in [0.05, 0.1) is 0 Å². The maximum Gasteiger partial charge on any atom is 0.00739 e. The van der Waals surface area contributed by atoms with E-state index in [1.165, 1.54) is 32.4 Å². The number of hydrogen-bond donors (Lipinski definition) is 1. The van der Waals surface area contributed by atoms with Crippen LogP contribution in [0.5, 0.6) is 0 Å². The molecule has 1 heterocycles. The molecule has 0 saturated carbocycles. The maximum atomic E-state index is 6.01. The lowest BCUT2D eigenvalue weighted by molar-refractivity contribution is 0.178. The molecule has 0 radical (unpaired) electrons. The predicted octanol–water partition coefficient (Wildman–Crippen LogP) is 2.48. The Hall–Kier alpha value is -0.0800. The van der Waals surface area contributed by atoms with Crippen molar-refractivity contribution < 1.29 is 0 Å². The third-order valence-electron chi connectivity index (χ3n) is 3.93. The van der Waals surface area contributed by atoms with Gasteiger partial charge in [-0.05, 0) is 37.6 Å². The van der Waals surface area contributed by atoms with Gasteiger partial charge in [0.1, 0.15) is 0 Å². The summed E-state index contributed by atoms with van der Waals surface area (Å²) in [7, 11) is 0. The Balaban J connectivity index is 2.35. The second kappa shape index (κ2) is 5.31. The predicted molar refractivity (Wildman–Crippen MR) is 66.9 cm³/mol. The highest BCUT2D eigenvalue weighted by atomic mass is 15.2. The average Bonchev–Trinajstić information content (AvgIpc) is 2.52. The first-order valence-corrected chi connectivity index (χ1v) is 6.43. The summed E-state index contributed by atoms with van der Waals surface area (Å²) in [6.07, 6.45) is 4.12. The van der Waals surface area contributed by atoms with E-state index in [1.54, 1.807) is 0 Å². The molecule has 0 aliphatic carbocycles. The van der Waals surface area contributed by atoms with Gasteiger partial charge in [0.2, 0.25) is 0 Å². The van der Waals surface area contributed by atoms with Crippen LogP contribution in [-0.2, 0) is 0 Å². The van der Waals surface area contributed by atoms with Crippen LogP contribution in [0, 0.1) is 11.3 Å². The minimum Gasteiger partial charge on any atom is -0.327 e. The number of rotatable bonds is 5. The van der Waals surface area contributed by atoms with Gasteiger partial charge in [0.15, 0.2) is 0 Å². The van der Waals surface area contributed by atoms with Gasteiger partial charge in [0, 0.05) is 19.1 Å². The van der Waals surface area contributed by atoms with Gasteiger partial charge in [-0.2, -0.15) is 0 Å². The number of nitrogens with zero attached hydrogens (tertiary/aromatic N) is 1. The van der Waals surface area contributed by atoms with Crippen molar-refractivity contribution >= 4 is 0 Å². The van der Waals surface area contributed by atoms with Gasteiger partial charge in [-0.1, -0.05) is 27.2 Å². The average molecular weight is 212 g/mol. The standard InChI is InChI=1S/C13H28N2/c1-5-6-12-7-8-15(9-12)10-13(3,4)11(2)14/h11-12H,5-10,14H2,1-4H3. The van der Waals surface area contributed by atoms with Gasteiger partial charge in [0.25, 0.3) is 0 Å². The first-order chi connectivity index (χ1) is 6.95. The van der Waals surface area contributed by atoms with E-state index >= 15 is 0 Å². The highest BCUT2D eigenvalue weighted by molar-refractivity contribution is 4.85. The molecule has 15 heavy (non-hydrogen) atoms. The molecular formula is C13H28N2. The molecule has 0 aromatic heterocycles. The Morgan fingerprint density at radius 1 is 1.47 bits per heavy atom. The molecule has 1 fully saturated rings. The molecule has 0 aromatic carbocycles. The summed E-state index contributed by atoms with van der Waals surface area (Å²) in [4.78, 5) is 2.60. The van der Waals surface area contributed by atoms with Crippen LogP contribution in [0.3, 0.4) is 0 Å². The van der Waals surface area contributed by atoms with E-state index in [-0.39, 0.29) is 11.5 Å². The maximum absolute atomic E-state index is 6.01. The molecule has 90 valence electrons. The molecule has 1 aliphatic rings. The van der Waals surface area contributed by atoms with Crippen molar-refractivity contribution in [2.75, 3.05) is 19.6 Å². The first-order valence-electron chi connectivity index (χ1n) is 6.43. The lowest BCUT2D eigenvalue weighted by Crippen LogP contribution is -2.43. The summed E-state index contributed by atoms with van der Waals surface area (Å²) >= 11 is 0. The van der Waals surface area contributed by atoms with Crippen molar-refractivity contribution in [2.24, 2.45) is 17.1 Å². The molecule has 1 rings (SSSR count). The topological polar surface area (TPSA) is 29.3 Å². The first kappa shape index (κ1) is 13.0. The van der Waals surface area contributed by atoms with E-state index in [0.29, 0.717) is 0 Å². The van der Waals surface area contributed by atoms with Gasteiger partial charge < -0.3 is 10.6 Å². The molecule has 0 spiro atoms. The SMILES string of the molecule is CCCC1CCN(CC(C)(C)C(C)N)C1. The van der Waals surface area contributed by atoms with Gasteiger partial charge in [-0.15, -0.1) is 0 Å². The second-order valence-corrected chi connectivity index (χ2v) is 5.96. The number of hydrogen-bond acceptors (Lipinski definition) is 2. The zero-order valence-electron chi connectivity index (χ0n) is 10.9. The summed E-state index contributed by atoms with van der Waals surface area (Å²) < 4.78 is 0. The Morgan fingerprint density at radius 2 is 2.13 bits per heavy atom. The van der Waals surface area contributed by atoms with Crippen LogP contribution in [0.2, 0.25) is 0 Å². The molecule has 0 amide bonds. The van der Waals surface area contributed by atoms with E-state index in [0.717, 1.165) is 12.5 Å². The van der Waals surface area contributed by atoms with Crippen molar-refractivity contribution in [3.63, 3.8) is 0 Å². The molecule has 1 aliphatic heterocycles. The van der Waals surface area contributed by atoms with Crippen LogP contribution < -0.4 is 5.73 Å². The lowest BCUT2D eigenvalue weighted by atomic mass is 9.85. The minimum atomic E-state index is 0.251. The summed E-state index contributed by atoms with van der Waals surface area (Å²) in [5.41, 5.74) is 6.27. The van der Waals surface area contributed by atoms with Crippen molar-refractivity contribution in [3.05, 3.63) is 0 Å². The molecule has 2 atom stereocenters. The van der Waals surface area contributed by atoms with E-state index in [1.807, 2.05) is 0 Å². The van der Waals surface area contributed by atoms with Crippen LogP contribution in [-0.4, -0.2) is 30.6 Å². The van der Waals surface area contributed by atoms with E-state index in [9.17, 15) is 0 Å². The molecule has 2 nitrogen and oxygen atoms in total. The van der Waals surface area contributed by atoms with E-state index in [4.69, 9.17) is 5.73 Å². The number of nitrogens with two attached hydrogens (primary N) is 1. The van der Waals surface area contributed by atoms with E-state index < -0.39 is 0 Å². The summed E-state index contributed by atoms with van der Waals surface area (Å²) in [6, 6.07) is 0.280. The molecule has 2 heteroatoms. The summed E-state index contributed by atoms with van der Waals surface area (Å²) in [5, 5.41) is 0. The summed E-state index contributed by atoms with van der Waals surface area (Å²) in [6.45, 7) is 12.7. The van der Waals surface area contributed by atoms with Crippen LogP contribution in [0.25, 0.3) is 0 Å². The Labute approximate surface area is 95.2 Å². The number of likely N-dealkylation sites (tertiary alicyclic amines) is 1. The normalized spacial score (nSPS) is 25.8. The lowest BCUT2D eigenvalue weighted by Gasteiger charge is -2.33. The van der Waals surface area contributed by atoms with Crippen LogP contribution in [0.1, 0.15) is 47.0 Å². The zero-order chi connectivity index (χ0) is 11.5. The highest BCUT2D eigenvalue weighted by Crippen LogP contribution is 2.26. The molecule has 1 saturated heterocycles. The van der Waals surface area contributed by atoms with Crippen molar-refractivity contribution in [3.8, 4) is 0 Å². The Bertz CT molecular complexity index is 187. The quantitative estimate of drug-likeness (QED) is 0.758. The zero-order valence-corrected chi connectivity index (χ0v) is 10.9. The Kier molecular flexibility index (Phi) is 4.60. The van der Waals surface area contributed by atoms with Crippen molar-refractivity contribution in [1.29, 1.82) is 0 Å². The van der Waals surface area contributed by atoms with Gasteiger partial charge in [-0.25, -0.2) is 0 Å². The molecule has 2 unspecified atom stereocenters. The Morgan fingerprint density at radius 3 is 2.67 bits per heavy atom. The molecule has 0 bridgehead atoms. The smallest absolute Gasteiger partial charge is 0.00739 e. The third kappa shape index (κ3) is 3.76. The largest absolute Gasteiger partial charge is 0.327 e. The van der Waals surface area contributed by atoms with Crippen LogP contribution in [0.4, 0.5) is 0 Å². The van der Waals surface area contributed by atoms with E-state index in [2.05, 4.69) is 32.6 Å². The fraction of sp³-hybridized carbons (Fsp3) is 1.00. The molecule has 2 N–H and O–H groups in total. The molecule has 0 aromatic rings. The van der Waals surface area contributed by atoms with Crippen molar-refractivity contribution in [2.45, 2.75) is 53.0 Å². The summed E-state index contributed by atoms with van der Waals surface area (Å²) in [5.74, 6) is 0.943. The molecular weight excluding hydrogens is 184 g/mol. The third-order valence-corrected chi connectivity index (χ3v) is 3.93. The second-order valence-electron chi connectivity index (χ2n) is 5.96. The minimum absolute atomic E-state index is 0.251. The van der Waals surface area contributed by atoms with Crippen molar-refractivity contribution in [1.82, 2.24) is 4.90 Å².